The third-order valence-corrected chi connectivity index (χ3v) is 6.91. The second-order valence-electron chi connectivity index (χ2n) is 9.55. The SMILES string of the molecule is CC(C)N1CCC(C(=O)N2CCCC[C@@H]2c2nc(N(C)C)ncc2-c2ccncc2)CC1. The molecule has 0 unspecified atom stereocenters. The smallest absolute Gasteiger partial charge is 0.226 e. The van der Waals surface area contributed by atoms with Crippen LogP contribution >= 0.6 is 0 Å². The maximum atomic E-state index is 13.7. The van der Waals surface area contributed by atoms with Crippen LogP contribution in [0.3, 0.4) is 0 Å². The van der Waals surface area contributed by atoms with Gasteiger partial charge in [-0.05, 0) is 76.7 Å². The third kappa shape index (κ3) is 4.77. The van der Waals surface area contributed by atoms with Crippen molar-refractivity contribution in [1.82, 2.24) is 24.8 Å². The van der Waals surface area contributed by atoms with Gasteiger partial charge in [0, 0.05) is 56.8 Å². The molecule has 0 bridgehead atoms. The first-order chi connectivity index (χ1) is 15.5. The van der Waals surface area contributed by atoms with Gasteiger partial charge in [0.25, 0.3) is 0 Å². The van der Waals surface area contributed by atoms with Crippen LogP contribution in [0.25, 0.3) is 11.1 Å². The number of hydrogen-bond donors (Lipinski definition) is 0. The van der Waals surface area contributed by atoms with Crippen LogP contribution in [0.5, 0.6) is 0 Å². The summed E-state index contributed by atoms with van der Waals surface area (Å²) in [5.74, 6) is 1.11. The topological polar surface area (TPSA) is 65.5 Å². The third-order valence-electron chi connectivity index (χ3n) is 6.91. The Morgan fingerprint density at radius 1 is 1.06 bits per heavy atom. The lowest BCUT2D eigenvalue weighted by Crippen LogP contribution is -2.47. The van der Waals surface area contributed by atoms with Crippen molar-refractivity contribution < 1.29 is 4.79 Å². The normalized spacial score (nSPS) is 20.5. The number of rotatable bonds is 5. The molecule has 4 heterocycles. The molecule has 7 nitrogen and oxygen atoms in total. The molecule has 2 aliphatic rings. The summed E-state index contributed by atoms with van der Waals surface area (Å²) in [5, 5.41) is 0. The first-order valence-electron chi connectivity index (χ1n) is 11.9. The van der Waals surface area contributed by atoms with E-state index in [2.05, 4.69) is 33.6 Å². The van der Waals surface area contributed by atoms with E-state index in [1.165, 1.54) is 0 Å². The molecule has 2 aliphatic heterocycles. The number of carbonyl (C=O) groups is 1. The van der Waals surface area contributed by atoms with Crippen molar-refractivity contribution in [3.8, 4) is 11.1 Å². The number of anilines is 1. The summed E-state index contributed by atoms with van der Waals surface area (Å²) in [5.41, 5.74) is 3.00. The minimum Gasteiger partial charge on any atom is -0.347 e. The van der Waals surface area contributed by atoms with Gasteiger partial charge in [-0.25, -0.2) is 9.97 Å². The van der Waals surface area contributed by atoms with E-state index in [1.807, 2.05) is 37.3 Å². The van der Waals surface area contributed by atoms with Gasteiger partial charge < -0.3 is 14.7 Å². The van der Waals surface area contributed by atoms with E-state index in [9.17, 15) is 4.79 Å². The van der Waals surface area contributed by atoms with Gasteiger partial charge in [0.2, 0.25) is 11.9 Å². The van der Waals surface area contributed by atoms with Crippen LogP contribution in [-0.4, -0.2) is 70.4 Å². The molecule has 0 radical (unpaired) electrons. The molecule has 0 spiro atoms. The first kappa shape index (κ1) is 22.6. The number of aromatic nitrogens is 3. The molecule has 32 heavy (non-hydrogen) atoms. The van der Waals surface area contributed by atoms with E-state index in [4.69, 9.17) is 4.98 Å². The number of hydrogen-bond acceptors (Lipinski definition) is 6. The van der Waals surface area contributed by atoms with E-state index < -0.39 is 0 Å². The van der Waals surface area contributed by atoms with Crippen molar-refractivity contribution in [2.45, 2.75) is 58.0 Å². The molecule has 0 aromatic carbocycles. The molecular weight excluding hydrogens is 400 g/mol. The molecule has 2 saturated heterocycles. The van der Waals surface area contributed by atoms with Gasteiger partial charge in [-0.2, -0.15) is 0 Å². The zero-order valence-electron chi connectivity index (χ0n) is 19.9. The molecular formula is C25H36N6O. The zero-order chi connectivity index (χ0) is 22.7. The fraction of sp³-hybridized carbons (Fsp3) is 0.600. The molecule has 1 atom stereocenters. The summed E-state index contributed by atoms with van der Waals surface area (Å²) in [6, 6.07) is 4.52. The average Bonchev–Trinajstić information content (AvgIpc) is 2.83. The Morgan fingerprint density at radius 2 is 1.78 bits per heavy atom. The van der Waals surface area contributed by atoms with E-state index >= 15 is 0 Å². The number of likely N-dealkylation sites (tertiary alicyclic amines) is 2. The van der Waals surface area contributed by atoms with Gasteiger partial charge in [0.05, 0.1) is 11.7 Å². The average molecular weight is 437 g/mol. The van der Waals surface area contributed by atoms with Gasteiger partial charge in [0.1, 0.15) is 0 Å². The van der Waals surface area contributed by atoms with Crippen LogP contribution in [0.15, 0.2) is 30.7 Å². The highest BCUT2D eigenvalue weighted by molar-refractivity contribution is 5.80. The molecule has 1 amide bonds. The molecule has 4 rings (SSSR count). The first-order valence-corrected chi connectivity index (χ1v) is 11.9. The minimum atomic E-state index is -0.00996. The van der Waals surface area contributed by atoms with Gasteiger partial charge in [-0.1, -0.05) is 0 Å². The monoisotopic (exact) mass is 436 g/mol. The highest BCUT2D eigenvalue weighted by Crippen LogP contribution is 2.38. The van der Waals surface area contributed by atoms with Gasteiger partial charge in [-0.15, -0.1) is 0 Å². The van der Waals surface area contributed by atoms with E-state index in [-0.39, 0.29) is 12.0 Å². The zero-order valence-corrected chi connectivity index (χ0v) is 19.9. The highest BCUT2D eigenvalue weighted by Gasteiger charge is 2.36. The Hall–Kier alpha value is -2.54. The van der Waals surface area contributed by atoms with Crippen LogP contribution in [-0.2, 0) is 4.79 Å². The summed E-state index contributed by atoms with van der Waals surface area (Å²) in [4.78, 5) is 34.0. The molecule has 0 saturated carbocycles. The molecule has 2 fully saturated rings. The van der Waals surface area contributed by atoms with Crippen LogP contribution < -0.4 is 4.90 Å². The largest absolute Gasteiger partial charge is 0.347 e. The Morgan fingerprint density at radius 3 is 2.44 bits per heavy atom. The van der Waals surface area contributed by atoms with Crippen molar-refractivity contribution in [2.24, 2.45) is 5.92 Å². The second kappa shape index (κ2) is 9.94. The number of piperidine rings is 2. The van der Waals surface area contributed by atoms with Gasteiger partial charge >= 0.3 is 0 Å². The lowest BCUT2D eigenvalue weighted by atomic mass is 9.89. The van der Waals surface area contributed by atoms with E-state index in [0.717, 1.165) is 68.6 Å². The maximum Gasteiger partial charge on any atom is 0.226 e. The quantitative estimate of drug-likeness (QED) is 0.711. The van der Waals surface area contributed by atoms with E-state index in [1.54, 1.807) is 12.4 Å². The van der Waals surface area contributed by atoms with Crippen LogP contribution in [0, 0.1) is 5.92 Å². The number of nitrogens with zero attached hydrogens (tertiary/aromatic N) is 6. The number of pyridine rings is 1. The van der Waals surface area contributed by atoms with Crippen molar-refractivity contribution in [3.63, 3.8) is 0 Å². The Kier molecular flexibility index (Phi) is 7.04. The molecule has 2 aromatic rings. The molecule has 2 aromatic heterocycles. The lowest BCUT2D eigenvalue weighted by Gasteiger charge is -2.41. The maximum absolute atomic E-state index is 13.7. The van der Waals surface area contributed by atoms with Crippen LogP contribution in [0.2, 0.25) is 0 Å². The van der Waals surface area contributed by atoms with Crippen LogP contribution in [0.4, 0.5) is 5.95 Å². The highest BCUT2D eigenvalue weighted by atomic mass is 16.2. The molecule has 172 valence electrons. The summed E-state index contributed by atoms with van der Waals surface area (Å²) < 4.78 is 0. The molecule has 0 aliphatic carbocycles. The number of carbonyl (C=O) groups excluding carboxylic acids is 1. The summed E-state index contributed by atoms with van der Waals surface area (Å²) in [6.45, 7) is 7.30. The summed E-state index contributed by atoms with van der Waals surface area (Å²) in [7, 11) is 3.91. The minimum absolute atomic E-state index is 0.00996. The summed E-state index contributed by atoms with van der Waals surface area (Å²) in [6.07, 6.45) is 10.5. The molecule has 7 heteroatoms. The fourth-order valence-electron chi connectivity index (χ4n) is 4.99. The van der Waals surface area contributed by atoms with Crippen molar-refractivity contribution in [2.75, 3.05) is 38.6 Å². The van der Waals surface area contributed by atoms with Crippen molar-refractivity contribution in [1.29, 1.82) is 0 Å². The number of amides is 1. The second-order valence-corrected chi connectivity index (χ2v) is 9.55. The molecule has 0 N–H and O–H groups in total. The fourth-order valence-corrected chi connectivity index (χ4v) is 4.99. The van der Waals surface area contributed by atoms with Crippen molar-refractivity contribution in [3.05, 3.63) is 36.4 Å². The Labute approximate surface area is 191 Å². The van der Waals surface area contributed by atoms with Crippen LogP contribution in [0.1, 0.15) is 57.7 Å². The Bertz CT molecular complexity index is 908. The lowest BCUT2D eigenvalue weighted by molar-refractivity contribution is -0.141. The standard InChI is InChI=1S/C25H36N6O/c1-18(2)30-15-10-20(11-16-30)24(32)31-14-6-5-7-22(31)23-21(19-8-12-26-13-9-19)17-27-25(28-23)29(3)4/h8-9,12-13,17-18,20,22H,5-7,10-11,14-16H2,1-4H3/t22-/m1/s1. The Balaban J connectivity index is 1.65. The summed E-state index contributed by atoms with van der Waals surface area (Å²) >= 11 is 0. The van der Waals surface area contributed by atoms with Gasteiger partial charge in [0.15, 0.2) is 0 Å². The van der Waals surface area contributed by atoms with E-state index in [0.29, 0.717) is 17.9 Å². The van der Waals surface area contributed by atoms with Gasteiger partial charge in [-0.3, -0.25) is 9.78 Å². The predicted octanol–water partition coefficient (Wildman–Crippen LogP) is 3.78. The van der Waals surface area contributed by atoms with Crippen molar-refractivity contribution >= 4 is 11.9 Å². The predicted molar refractivity (Wildman–Crippen MR) is 127 cm³/mol.